The number of halogens is 1. The van der Waals surface area contributed by atoms with Crippen molar-refractivity contribution in [3.05, 3.63) is 57.8 Å². The Morgan fingerprint density at radius 3 is 2.64 bits per heavy atom. The van der Waals surface area contributed by atoms with E-state index in [1.807, 2.05) is 11.6 Å². The molecular formula is C14H13FN2O3S2. The summed E-state index contributed by atoms with van der Waals surface area (Å²) in [5.41, 5.74) is 0.392. The Labute approximate surface area is 131 Å². The molecule has 0 saturated carbocycles. The Bertz CT molecular complexity index is 796. The number of amides is 1. The fourth-order valence-corrected chi connectivity index (χ4v) is 3.40. The van der Waals surface area contributed by atoms with Crippen molar-refractivity contribution in [2.75, 3.05) is 0 Å². The van der Waals surface area contributed by atoms with Crippen LogP contribution in [0.4, 0.5) is 4.39 Å². The van der Waals surface area contributed by atoms with Crippen LogP contribution >= 0.6 is 11.3 Å². The lowest BCUT2D eigenvalue weighted by Crippen LogP contribution is -2.30. The Hall–Kier alpha value is -2.06. The molecule has 0 aliphatic heterocycles. The van der Waals surface area contributed by atoms with Crippen LogP contribution in [-0.4, -0.2) is 19.3 Å². The van der Waals surface area contributed by atoms with E-state index >= 15 is 0 Å². The van der Waals surface area contributed by atoms with Gasteiger partial charge in [-0.3, -0.25) is 4.79 Å². The number of carbonyl (C=O) groups is 1. The van der Waals surface area contributed by atoms with Crippen molar-refractivity contribution >= 4 is 33.3 Å². The average Bonchev–Trinajstić information content (AvgIpc) is 2.84. The zero-order valence-corrected chi connectivity index (χ0v) is 13.2. The average molecular weight is 340 g/mol. The summed E-state index contributed by atoms with van der Waals surface area (Å²) in [6, 6.07) is 5.04. The molecular weight excluding hydrogens is 327 g/mol. The first-order valence-electron chi connectivity index (χ1n) is 6.23. The fourth-order valence-electron chi connectivity index (χ4n) is 1.64. The van der Waals surface area contributed by atoms with E-state index in [-0.39, 0.29) is 0 Å². The molecule has 0 unspecified atom stereocenters. The molecule has 0 aliphatic carbocycles. The summed E-state index contributed by atoms with van der Waals surface area (Å²) < 4.78 is 38.4. The molecule has 1 amide bonds. The van der Waals surface area contributed by atoms with Gasteiger partial charge in [-0.25, -0.2) is 22.5 Å². The third-order valence-electron chi connectivity index (χ3n) is 2.56. The zero-order chi connectivity index (χ0) is 16.2. The van der Waals surface area contributed by atoms with E-state index in [1.165, 1.54) is 41.7 Å². The molecule has 22 heavy (non-hydrogen) atoms. The van der Waals surface area contributed by atoms with Gasteiger partial charge in [0.2, 0.25) is 10.0 Å². The van der Waals surface area contributed by atoms with Crippen LogP contribution < -0.4 is 4.72 Å². The highest BCUT2D eigenvalue weighted by molar-refractivity contribution is 7.89. The van der Waals surface area contributed by atoms with Gasteiger partial charge in [-0.2, -0.15) is 0 Å². The minimum Gasteiger partial charge on any atom is -0.269 e. The molecule has 0 aliphatic rings. The number of carbonyl (C=O) groups excluding carboxylic acids is 1. The van der Waals surface area contributed by atoms with E-state index in [0.29, 0.717) is 5.56 Å². The molecule has 0 spiro atoms. The lowest BCUT2D eigenvalue weighted by atomic mass is 10.2. The van der Waals surface area contributed by atoms with Gasteiger partial charge in [-0.05, 0) is 30.7 Å². The lowest BCUT2D eigenvalue weighted by molar-refractivity contribution is -0.114. The third-order valence-corrected chi connectivity index (χ3v) is 4.67. The van der Waals surface area contributed by atoms with E-state index in [2.05, 4.69) is 4.98 Å². The van der Waals surface area contributed by atoms with Crippen LogP contribution in [0.2, 0.25) is 0 Å². The molecule has 1 aromatic heterocycles. The Kier molecular flexibility index (Phi) is 5.04. The Morgan fingerprint density at radius 2 is 2.05 bits per heavy atom. The second-order valence-electron chi connectivity index (χ2n) is 4.47. The molecule has 0 radical (unpaired) electrons. The molecule has 0 saturated heterocycles. The lowest BCUT2D eigenvalue weighted by Gasteiger charge is -2.04. The largest absolute Gasteiger partial charge is 0.269 e. The van der Waals surface area contributed by atoms with Gasteiger partial charge in [0, 0.05) is 17.2 Å². The molecule has 0 bridgehead atoms. The van der Waals surface area contributed by atoms with Gasteiger partial charge >= 0.3 is 0 Å². The SMILES string of the molecule is Cc1ncc(/C=C\C(=O)NS(=O)(=O)Cc2ccc(F)cc2)s1. The van der Waals surface area contributed by atoms with Gasteiger partial charge in [0.05, 0.1) is 10.8 Å². The highest BCUT2D eigenvalue weighted by Gasteiger charge is 2.14. The van der Waals surface area contributed by atoms with Crippen molar-refractivity contribution in [2.45, 2.75) is 12.7 Å². The van der Waals surface area contributed by atoms with Crippen molar-refractivity contribution in [3.8, 4) is 0 Å². The van der Waals surface area contributed by atoms with Gasteiger partial charge in [-0.15, -0.1) is 11.3 Å². The number of nitrogens with one attached hydrogen (secondary N) is 1. The summed E-state index contributed by atoms with van der Waals surface area (Å²) in [5.74, 6) is -1.59. The molecule has 5 nitrogen and oxygen atoms in total. The van der Waals surface area contributed by atoms with Crippen LogP contribution in [-0.2, 0) is 20.6 Å². The Balaban J connectivity index is 1.97. The van der Waals surface area contributed by atoms with Crippen LogP contribution in [0, 0.1) is 12.7 Å². The monoisotopic (exact) mass is 340 g/mol. The summed E-state index contributed by atoms with van der Waals surface area (Å²) in [5, 5.41) is 0.851. The van der Waals surface area contributed by atoms with Crippen LogP contribution in [0.5, 0.6) is 0 Å². The first-order chi connectivity index (χ1) is 10.3. The molecule has 8 heteroatoms. The first kappa shape index (κ1) is 16.3. The van der Waals surface area contributed by atoms with Gasteiger partial charge < -0.3 is 0 Å². The van der Waals surface area contributed by atoms with Gasteiger partial charge in [0.25, 0.3) is 5.91 Å². The van der Waals surface area contributed by atoms with E-state index in [9.17, 15) is 17.6 Å². The third kappa shape index (κ3) is 5.05. The number of aryl methyl sites for hydroxylation is 1. The predicted molar refractivity (Wildman–Crippen MR) is 83.1 cm³/mol. The number of benzene rings is 1. The van der Waals surface area contributed by atoms with Gasteiger partial charge in [-0.1, -0.05) is 12.1 Å². The summed E-state index contributed by atoms with van der Waals surface area (Å²) in [6.07, 6.45) is 4.22. The number of nitrogens with zero attached hydrogens (tertiary/aromatic N) is 1. The molecule has 0 atom stereocenters. The second kappa shape index (κ2) is 6.80. The number of thiazole rings is 1. The summed E-state index contributed by atoms with van der Waals surface area (Å²) in [4.78, 5) is 16.4. The van der Waals surface area contributed by atoms with Crippen LogP contribution in [0.25, 0.3) is 6.08 Å². The van der Waals surface area contributed by atoms with E-state index in [0.717, 1.165) is 16.0 Å². The molecule has 2 rings (SSSR count). The van der Waals surface area contributed by atoms with E-state index in [4.69, 9.17) is 0 Å². The topological polar surface area (TPSA) is 76.1 Å². The normalized spacial score (nSPS) is 11.7. The number of hydrogen-bond donors (Lipinski definition) is 1. The predicted octanol–water partition coefficient (Wildman–Crippen LogP) is 2.25. The first-order valence-corrected chi connectivity index (χ1v) is 8.70. The minimum absolute atomic E-state index is 0.392. The second-order valence-corrected chi connectivity index (χ2v) is 7.46. The minimum atomic E-state index is -3.83. The van der Waals surface area contributed by atoms with Crippen molar-refractivity contribution in [2.24, 2.45) is 0 Å². The van der Waals surface area contributed by atoms with Crippen molar-refractivity contribution < 1.29 is 17.6 Å². The maximum absolute atomic E-state index is 12.8. The highest BCUT2D eigenvalue weighted by Crippen LogP contribution is 2.13. The fraction of sp³-hybridized carbons (Fsp3) is 0.143. The summed E-state index contributed by atoms with van der Waals surface area (Å²) in [7, 11) is -3.83. The van der Waals surface area contributed by atoms with Crippen LogP contribution in [0.3, 0.4) is 0 Å². The smallest absolute Gasteiger partial charge is 0.257 e. The number of sulfonamides is 1. The van der Waals surface area contributed by atoms with E-state index < -0.39 is 27.5 Å². The molecule has 1 aromatic carbocycles. The number of aromatic nitrogens is 1. The maximum atomic E-state index is 12.8. The highest BCUT2D eigenvalue weighted by atomic mass is 32.2. The maximum Gasteiger partial charge on any atom is 0.257 e. The molecule has 1 heterocycles. The molecule has 2 aromatic rings. The van der Waals surface area contributed by atoms with Gasteiger partial charge in [0.1, 0.15) is 5.82 Å². The van der Waals surface area contributed by atoms with Crippen LogP contribution in [0.1, 0.15) is 15.4 Å². The number of hydrogen-bond acceptors (Lipinski definition) is 5. The van der Waals surface area contributed by atoms with E-state index in [1.54, 1.807) is 6.20 Å². The zero-order valence-electron chi connectivity index (χ0n) is 11.6. The number of rotatable bonds is 5. The standard InChI is InChI=1S/C14H13FN2O3S2/c1-10-16-8-13(21-10)6-7-14(18)17-22(19,20)9-11-2-4-12(15)5-3-11/h2-8H,9H2,1H3,(H,17,18)/b7-6-. The van der Waals surface area contributed by atoms with Crippen LogP contribution in [0.15, 0.2) is 36.5 Å². The molecule has 0 fully saturated rings. The molecule has 116 valence electrons. The van der Waals surface area contributed by atoms with Gasteiger partial charge in [0.15, 0.2) is 0 Å². The van der Waals surface area contributed by atoms with Crippen molar-refractivity contribution in [1.82, 2.24) is 9.71 Å². The Morgan fingerprint density at radius 1 is 1.36 bits per heavy atom. The summed E-state index contributed by atoms with van der Waals surface area (Å²) >= 11 is 1.39. The summed E-state index contributed by atoms with van der Waals surface area (Å²) in [6.45, 7) is 1.83. The van der Waals surface area contributed by atoms with Crippen molar-refractivity contribution in [3.63, 3.8) is 0 Å². The quantitative estimate of drug-likeness (QED) is 0.847. The van der Waals surface area contributed by atoms with Crippen molar-refractivity contribution in [1.29, 1.82) is 0 Å². The molecule has 1 N–H and O–H groups in total.